The molecule has 0 aromatic heterocycles. The Kier molecular flexibility index (Phi) is 2.63. The summed E-state index contributed by atoms with van der Waals surface area (Å²) in [5.74, 6) is -1.32. The average molecular weight is 177 g/mol. The number of carboxylic acids is 1. The summed E-state index contributed by atoms with van der Waals surface area (Å²) in [6.45, 7) is 0. The molecule has 4 atom stereocenters. The van der Waals surface area contributed by atoms with Gasteiger partial charge in [-0.1, -0.05) is 0 Å². The SMILES string of the molecule is NC1CC(O)OC(C(=O)O)C1O. The number of rotatable bonds is 1. The first kappa shape index (κ1) is 9.40. The summed E-state index contributed by atoms with van der Waals surface area (Å²) in [5.41, 5.74) is 5.34. The molecule has 0 radical (unpaired) electrons. The molecule has 0 bridgehead atoms. The number of carbonyl (C=O) groups is 1. The molecule has 70 valence electrons. The van der Waals surface area contributed by atoms with Crippen LogP contribution in [0.25, 0.3) is 0 Å². The van der Waals surface area contributed by atoms with Gasteiger partial charge in [-0.05, 0) is 0 Å². The monoisotopic (exact) mass is 177 g/mol. The maximum atomic E-state index is 10.4. The third kappa shape index (κ3) is 1.72. The Labute approximate surface area is 68.6 Å². The fourth-order valence-corrected chi connectivity index (χ4v) is 1.11. The lowest BCUT2D eigenvalue weighted by atomic mass is 10.00. The van der Waals surface area contributed by atoms with E-state index in [0.29, 0.717) is 0 Å². The lowest BCUT2D eigenvalue weighted by Gasteiger charge is -2.32. The first-order valence-corrected chi connectivity index (χ1v) is 3.52. The van der Waals surface area contributed by atoms with Gasteiger partial charge in [-0.25, -0.2) is 4.79 Å². The van der Waals surface area contributed by atoms with Crippen molar-refractivity contribution in [2.45, 2.75) is 31.0 Å². The average Bonchev–Trinajstić information content (AvgIpc) is 1.96. The Morgan fingerprint density at radius 2 is 2.08 bits per heavy atom. The highest BCUT2D eigenvalue weighted by Crippen LogP contribution is 2.17. The van der Waals surface area contributed by atoms with Gasteiger partial charge in [0.2, 0.25) is 0 Å². The molecular formula is C6H11NO5. The first-order valence-electron chi connectivity index (χ1n) is 3.52. The maximum Gasteiger partial charge on any atom is 0.335 e. The number of hydrogen-bond acceptors (Lipinski definition) is 5. The van der Waals surface area contributed by atoms with Crippen LogP contribution >= 0.6 is 0 Å². The molecule has 1 heterocycles. The molecule has 12 heavy (non-hydrogen) atoms. The van der Waals surface area contributed by atoms with E-state index in [1.165, 1.54) is 0 Å². The van der Waals surface area contributed by atoms with Crippen LogP contribution in [0, 0.1) is 0 Å². The van der Waals surface area contributed by atoms with Gasteiger partial charge in [0.25, 0.3) is 0 Å². The molecule has 0 spiro atoms. The van der Waals surface area contributed by atoms with E-state index in [1.807, 2.05) is 0 Å². The molecule has 0 aliphatic carbocycles. The van der Waals surface area contributed by atoms with Crippen molar-refractivity contribution >= 4 is 5.97 Å². The van der Waals surface area contributed by atoms with Crippen LogP contribution in [0.15, 0.2) is 0 Å². The molecule has 0 amide bonds. The molecule has 1 aliphatic heterocycles. The fourth-order valence-electron chi connectivity index (χ4n) is 1.11. The van der Waals surface area contributed by atoms with Crippen LogP contribution in [0.1, 0.15) is 6.42 Å². The van der Waals surface area contributed by atoms with Crippen LogP contribution < -0.4 is 5.73 Å². The van der Waals surface area contributed by atoms with E-state index >= 15 is 0 Å². The van der Waals surface area contributed by atoms with Crippen LogP contribution in [-0.4, -0.2) is 45.8 Å². The quantitative estimate of drug-likeness (QED) is 0.364. The van der Waals surface area contributed by atoms with Crippen molar-refractivity contribution in [3.63, 3.8) is 0 Å². The predicted octanol–water partition coefficient (Wildman–Crippen LogP) is -2.13. The van der Waals surface area contributed by atoms with Crippen molar-refractivity contribution in [3.8, 4) is 0 Å². The van der Waals surface area contributed by atoms with E-state index in [2.05, 4.69) is 4.74 Å². The number of aliphatic hydroxyl groups is 2. The molecule has 5 N–H and O–H groups in total. The lowest BCUT2D eigenvalue weighted by molar-refractivity contribution is -0.215. The zero-order valence-corrected chi connectivity index (χ0v) is 6.25. The lowest BCUT2D eigenvalue weighted by Crippen LogP contribution is -2.55. The molecule has 1 saturated heterocycles. The Bertz CT molecular complexity index is 185. The Morgan fingerprint density at radius 1 is 1.50 bits per heavy atom. The summed E-state index contributed by atoms with van der Waals surface area (Å²) in [7, 11) is 0. The first-order chi connectivity index (χ1) is 5.52. The minimum absolute atomic E-state index is 0.0466. The van der Waals surface area contributed by atoms with E-state index in [0.717, 1.165) is 0 Å². The molecular weight excluding hydrogens is 166 g/mol. The normalized spacial score (nSPS) is 42.6. The van der Waals surface area contributed by atoms with Gasteiger partial charge in [0, 0.05) is 12.5 Å². The summed E-state index contributed by atoms with van der Waals surface area (Å²) in [6, 6.07) is -0.755. The second-order valence-electron chi connectivity index (χ2n) is 2.74. The molecule has 0 saturated carbocycles. The predicted molar refractivity (Wildman–Crippen MR) is 37.1 cm³/mol. The third-order valence-corrected chi connectivity index (χ3v) is 1.77. The molecule has 1 rings (SSSR count). The van der Waals surface area contributed by atoms with Gasteiger partial charge in [0.05, 0.1) is 0 Å². The van der Waals surface area contributed by atoms with Gasteiger partial charge >= 0.3 is 5.97 Å². The standard InChI is InChI=1S/C6H11NO5/c7-2-1-3(8)12-5(4(2)9)6(10)11/h2-5,8-9H,1,7H2,(H,10,11). The molecule has 6 heteroatoms. The summed E-state index contributed by atoms with van der Waals surface area (Å²) < 4.78 is 4.56. The summed E-state index contributed by atoms with van der Waals surface area (Å²) in [4.78, 5) is 10.4. The van der Waals surface area contributed by atoms with Crippen LogP contribution in [0.5, 0.6) is 0 Å². The molecule has 1 fully saturated rings. The highest BCUT2D eigenvalue weighted by Gasteiger charge is 2.39. The summed E-state index contributed by atoms with van der Waals surface area (Å²) in [6.07, 6.45) is -3.84. The van der Waals surface area contributed by atoms with Crippen LogP contribution in [0.3, 0.4) is 0 Å². The number of nitrogens with two attached hydrogens (primary N) is 1. The molecule has 0 aromatic carbocycles. The highest BCUT2D eigenvalue weighted by atomic mass is 16.6. The van der Waals surface area contributed by atoms with E-state index in [-0.39, 0.29) is 6.42 Å². The van der Waals surface area contributed by atoms with E-state index in [9.17, 15) is 9.90 Å². The molecule has 0 aromatic rings. The smallest absolute Gasteiger partial charge is 0.335 e. The number of carboxylic acid groups (broad SMARTS) is 1. The fraction of sp³-hybridized carbons (Fsp3) is 0.833. The van der Waals surface area contributed by atoms with Crippen molar-refractivity contribution in [2.75, 3.05) is 0 Å². The molecule has 6 nitrogen and oxygen atoms in total. The zero-order valence-electron chi connectivity index (χ0n) is 6.25. The van der Waals surface area contributed by atoms with Crippen molar-refractivity contribution in [1.82, 2.24) is 0 Å². The third-order valence-electron chi connectivity index (χ3n) is 1.77. The summed E-state index contributed by atoms with van der Waals surface area (Å²) >= 11 is 0. The van der Waals surface area contributed by atoms with Gasteiger partial charge in [-0.2, -0.15) is 0 Å². The highest BCUT2D eigenvalue weighted by molar-refractivity contribution is 5.73. The largest absolute Gasteiger partial charge is 0.479 e. The van der Waals surface area contributed by atoms with Gasteiger partial charge in [-0.15, -0.1) is 0 Å². The van der Waals surface area contributed by atoms with E-state index in [1.54, 1.807) is 0 Å². The Morgan fingerprint density at radius 3 is 2.58 bits per heavy atom. The Balaban J connectivity index is 2.66. The summed E-state index contributed by atoms with van der Waals surface area (Å²) in [5, 5.41) is 26.6. The second kappa shape index (κ2) is 3.36. The van der Waals surface area contributed by atoms with Crippen molar-refractivity contribution in [2.24, 2.45) is 5.73 Å². The van der Waals surface area contributed by atoms with E-state index < -0.39 is 30.5 Å². The minimum Gasteiger partial charge on any atom is -0.479 e. The number of hydrogen-bond donors (Lipinski definition) is 4. The number of aliphatic hydroxyl groups excluding tert-OH is 2. The maximum absolute atomic E-state index is 10.4. The molecule has 1 aliphatic rings. The molecule has 4 unspecified atom stereocenters. The van der Waals surface area contributed by atoms with Crippen LogP contribution in [0.2, 0.25) is 0 Å². The number of ether oxygens (including phenoxy) is 1. The van der Waals surface area contributed by atoms with Crippen LogP contribution in [0.4, 0.5) is 0 Å². The van der Waals surface area contributed by atoms with Gasteiger partial charge < -0.3 is 25.8 Å². The Hall–Kier alpha value is -0.690. The van der Waals surface area contributed by atoms with Crippen molar-refractivity contribution < 1.29 is 24.9 Å². The van der Waals surface area contributed by atoms with Gasteiger partial charge in [0.1, 0.15) is 6.10 Å². The van der Waals surface area contributed by atoms with Gasteiger partial charge in [-0.3, -0.25) is 0 Å². The topological polar surface area (TPSA) is 113 Å². The van der Waals surface area contributed by atoms with Gasteiger partial charge in [0.15, 0.2) is 12.4 Å². The number of aliphatic carboxylic acids is 1. The van der Waals surface area contributed by atoms with Crippen molar-refractivity contribution in [3.05, 3.63) is 0 Å². The van der Waals surface area contributed by atoms with E-state index in [4.69, 9.17) is 15.9 Å². The van der Waals surface area contributed by atoms with Crippen LogP contribution in [-0.2, 0) is 9.53 Å². The zero-order chi connectivity index (χ0) is 9.30. The van der Waals surface area contributed by atoms with Crippen molar-refractivity contribution in [1.29, 1.82) is 0 Å². The minimum atomic E-state index is -1.43. The second-order valence-corrected chi connectivity index (χ2v) is 2.74.